The Hall–Kier alpha value is -8.18. The number of benzene rings is 10. The van der Waals surface area contributed by atoms with Crippen molar-refractivity contribution in [2.24, 2.45) is 0 Å². The van der Waals surface area contributed by atoms with Gasteiger partial charge in [0.1, 0.15) is 11.5 Å². The van der Waals surface area contributed by atoms with E-state index in [-0.39, 0.29) is 0 Å². The lowest BCUT2D eigenvalue weighted by atomic mass is 9.66. The molecule has 2 aliphatic rings. The fourth-order valence-electron chi connectivity index (χ4n) is 10.9. The number of fused-ring (bicyclic) bond motifs is 15. The molecule has 0 saturated carbocycles. The SMILES string of the molecule is c1cc(-c2cccc(-c3nc(-c4cccc5ccccc45)nc4c3sc3ccccc34)c2)cc(-c2ccc3c(c2)C2(c4ccccc4Oc4ccccc42)c2ccc4ccccc4c2-3)c1. The first-order valence-electron chi connectivity index (χ1n) is 22.1. The molecule has 4 heteroatoms. The van der Waals surface area contributed by atoms with Crippen molar-refractivity contribution in [3.63, 3.8) is 0 Å². The molecule has 302 valence electrons. The molecule has 3 heterocycles. The van der Waals surface area contributed by atoms with E-state index in [1.165, 1.54) is 48.7 Å². The molecule has 0 amide bonds. The predicted molar refractivity (Wildman–Crippen MR) is 269 cm³/mol. The number of para-hydroxylation sites is 2. The minimum Gasteiger partial charge on any atom is -0.457 e. The van der Waals surface area contributed by atoms with Crippen LogP contribution in [-0.4, -0.2) is 9.97 Å². The van der Waals surface area contributed by atoms with Gasteiger partial charge in [-0.3, -0.25) is 0 Å². The first kappa shape index (κ1) is 36.3. The van der Waals surface area contributed by atoms with Crippen LogP contribution in [0.15, 0.2) is 218 Å². The topological polar surface area (TPSA) is 35.0 Å². The summed E-state index contributed by atoms with van der Waals surface area (Å²) in [4.78, 5) is 10.7. The van der Waals surface area contributed by atoms with E-state index >= 15 is 0 Å². The third-order valence-electron chi connectivity index (χ3n) is 13.7. The smallest absolute Gasteiger partial charge is 0.161 e. The molecule has 1 aliphatic carbocycles. The highest BCUT2D eigenvalue weighted by molar-refractivity contribution is 7.26. The lowest BCUT2D eigenvalue weighted by Crippen LogP contribution is -2.32. The van der Waals surface area contributed by atoms with Crippen molar-refractivity contribution in [3.05, 3.63) is 241 Å². The predicted octanol–water partition coefficient (Wildman–Crippen LogP) is 16.3. The van der Waals surface area contributed by atoms with E-state index in [1.807, 2.05) is 0 Å². The van der Waals surface area contributed by atoms with Crippen LogP contribution in [0.4, 0.5) is 0 Å². The van der Waals surface area contributed by atoms with Crippen molar-refractivity contribution in [1.82, 2.24) is 9.97 Å². The number of rotatable bonds is 4. The average molecular weight is 845 g/mol. The Morgan fingerprint density at radius 1 is 0.385 bits per heavy atom. The van der Waals surface area contributed by atoms with Gasteiger partial charge in [0.05, 0.1) is 21.3 Å². The molecule has 0 fully saturated rings. The zero-order valence-electron chi connectivity index (χ0n) is 35.0. The highest BCUT2D eigenvalue weighted by atomic mass is 32.1. The van der Waals surface area contributed by atoms with Crippen LogP contribution in [0, 0.1) is 0 Å². The number of ether oxygens (including phenoxy) is 1. The van der Waals surface area contributed by atoms with Crippen molar-refractivity contribution >= 4 is 53.2 Å². The Balaban J connectivity index is 0.935. The highest BCUT2D eigenvalue weighted by Crippen LogP contribution is 2.63. The maximum Gasteiger partial charge on any atom is 0.161 e. The van der Waals surface area contributed by atoms with Gasteiger partial charge < -0.3 is 4.74 Å². The zero-order valence-corrected chi connectivity index (χ0v) is 35.8. The maximum absolute atomic E-state index is 6.68. The van der Waals surface area contributed by atoms with Crippen LogP contribution in [-0.2, 0) is 5.41 Å². The molecular formula is C61H36N2OS. The standard InChI is InChI=1S/C61H36N2OS/c1-3-21-44-37(14-1)16-13-24-46(44)60-62-57(59-58(63-60)48-23-5-10-29-55(48)65-59)43-20-12-19-41(35-43)39-17-11-18-40(34-39)42-30-32-47-52(36-42)61(51-33-31-38-15-2-4-22-45(38)56(47)51)49-25-6-8-27-53(49)64-54-28-9-7-26-50(54)61/h1-36H. The summed E-state index contributed by atoms with van der Waals surface area (Å²) in [5, 5.41) is 5.97. The first-order valence-corrected chi connectivity index (χ1v) is 22.9. The maximum atomic E-state index is 6.68. The van der Waals surface area contributed by atoms with Crippen LogP contribution in [0.2, 0.25) is 0 Å². The zero-order chi connectivity index (χ0) is 42.6. The normalized spacial score (nSPS) is 13.2. The molecule has 3 nitrogen and oxygen atoms in total. The van der Waals surface area contributed by atoms with Gasteiger partial charge in [0.15, 0.2) is 5.82 Å². The van der Waals surface area contributed by atoms with E-state index < -0.39 is 5.41 Å². The van der Waals surface area contributed by atoms with Gasteiger partial charge in [-0.25, -0.2) is 9.97 Å². The first-order chi connectivity index (χ1) is 32.2. The van der Waals surface area contributed by atoms with Gasteiger partial charge in [-0.15, -0.1) is 11.3 Å². The van der Waals surface area contributed by atoms with Crippen LogP contribution in [0.25, 0.3) is 97.9 Å². The fraction of sp³-hybridized carbons (Fsp3) is 0.0164. The number of hydrogen-bond donors (Lipinski definition) is 0. The quantitative estimate of drug-likeness (QED) is 0.177. The second-order valence-corrected chi connectivity index (χ2v) is 18.2. The van der Waals surface area contributed by atoms with E-state index in [9.17, 15) is 0 Å². The second-order valence-electron chi connectivity index (χ2n) is 17.2. The van der Waals surface area contributed by atoms with Crippen molar-refractivity contribution in [2.75, 3.05) is 0 Å². The van der Waals surface area contributed by atoms with Crippen LogP contribution in [0.5, 0.6) is 11.5 Å². The van der Waals surface area contributed by atoms with Gasteiger partial charge in [-0.05, 0) is 102 Å². The molecule has 12 aromatic rings. The Kier molecular flexibility index (Phi) is 7.77. The van der Waals surface area contributed by atoms with E-state index in [2.05, 4.69) is 218 Å². The number of hydrogen-bond acceptors (Lipinski definition) is 4. The second kappa shape index (κ2) is 13.9. The Bertz CT molecular complexity index is 3910. The number of nitrogens with zero attached hydrogens (tertiary/aromatic N) is 2. The minimum atomic E-state index is -0.567. The fourth-order valence-corrected chi connectivity index (χ4v) is 12.1. The van der Waals surface area contributed by atoms with Crippen molar-refractivity contribution in [1.29, 1.82) is 0 Å². The van der Waals surface area contributed by atoms with Gasteiger partial charge in [0.25, 0.3) is 0 Å². The summed E-state index contributed by atoms with van der Waals surface area (Å²) in [5.41, 5.74) is 15.5. The summed E-state index contributed by atoms with van der Waals surface area (Å²) in [6.07, 6.45) is 0. The van der Waals surface area contributed by atoms with Gasteiger partial charge in [-0.2, -0.15) is 0 Å². The third-order valence-corrected chi connectivity index (χ3v) is 14.9. The molecule has 0 saturated heterocycles. The molecule has 0 N–H and O–H groups in total. The lowest BCUT2D eigenvalue weighted by Gasteiger charge is -2.39. The summed E-state index contributed by atoms with van der Waals surface area (Å²) in [6, 6.07) is 79.1. The van der Waals surface area contributed by atoms with Crippen LogP contribution in [0.1, 0.15) is 22.3 Å². The average Bonchev–Trinajstić information content (AvgIpc) is 3.90. The largest absolute Gasteiger partial charge is 0.457 e. The van der Waals surface area contributed by atoms with Crippen LogP contribution >= 0.6 is 11.3 Å². The van der Waals surface area contributed by atoms with E-state index in [0.29, 0.717) is 0 Å². The molecule has 1 spiro atoms. The van der Waals surface area contributed by atoms with Gasteiger partial charge in [0, 0.05) is 32.3 Å². The monoisotopic (exact) mass is 844 g/mol. The summed E-state index contributed by atoms with van der Waals surface area (Å²) < 4.78 is 8.98. The van der Waals surface area contributed by atoms with Gasteiger partial charge in [-0.1, -0.05) is 182 Å². The van der Waals surface area contributed by atoms with E-state index in [0.717, 1.165) is 83.0 Å². The molecule has 0 bridgehead atoms. The Labute approximate surface area is 379 Å². The van der Waals surface area contributed by atoms with E-state index in [4.69, 9.17) is 14.7 Å². The summed E-state index contributed by atoms with van der Waals surface area (Å²) >= 11 is 1.77. The molecule has 0 radical (unpaired) electrons. The van der Waals surface area contributed by atoms with Crippen LogP contribution in [0.3, 0.4) is 0 Å². The minimum absolute atomic E-state index is 0.567. The number of thiophene rings is 1. The van der Waals surface area contributed by atoms with Crippen molar-refractivity contribution < 1.29 is 4.74 Å². The molecule has 0 atom stereocenters. The molecule has 1 aliphatic heterocycles. The Morgan fingerprint density at radius 3 is 1.74 bits per heavy atom. The molecular weight excluding hydrogens is 809 g/mol. The molecule has 2 aromatic heterocycles. The lowest BCUT2D eigenvalue weighted by molar-refractivity contribution is 0.436. The third kappa shape index (κ3) is 5.29. The molecule has 65 heavy (non-hydrogen) atoms. The van der Waals surface area contributed by atoms with Gasteiger partial charge >= 0.3 is 0 Å². The molecule has 14 rings (SSSR count). The molecule has 0 unspecified atom stereocenters. The van der Waals surface area contributed by atoms with Crippen molar-refractivity contribution in [3.8, 4) is 67.5 Å². The highest BCUT2D eigenvalue weighted by Gasteiger charge is 2.51. The molecule has 10 aromatic carbocycles. The summed E-state index contributed by atoms with van der Waals surface area (Å²) in [6.45, 7) is 0. The van der Waals surface area contributed by atoms with Crippen molar-refractivity contribution in [2.45, 2.75) is 5.41 Å². The summed E-state index contributed by atoms with van der Waals surface area (Å²) in [5.74, 6) is 2.53. The van der Waals surface area contributed by atoms with Crippen LogP contribution < -0.4 is 4.74 Å². The Morgan fingerprint density at radius 2 is 0.969 bits per heavy atom. The number of aromatic nitrogens is 2. The summed E-state index contributed by atoms with van der Waals surface area (Å²) in [7, 11) is 0. The van der Waals surface area contributed by atoms with Gasteiger partial charge in [0.2, 0.25) is 0 Å². The van der Waals surface area contributed by atoms with E-state index in [1.54, 1.807) is 11.3 Å².